The van der Waals surface area contributed by atoms with Gasteiger partial charge in [0.2, 0.25) is 0 Å². The first-order chi connectivity index (χ1) is 8.44. The molecule has 18 heavy (non-hydrogen) atoms. The molecule has 2 rings (SSSR count). The number of carboxylic acids is 1. The second-order valence-electron chi connectivity index (χ2n) is 4.59. The molecular weight excluding hydrogens is 258 g/mol. The third-order valence-electron chi connectivity index (χ3n) is 2.98. The summed E-state index contributed by atoms with van der Waals surface area (Å²) in [7, 11) is -2.88. The predicted octanol–water partition coefficient (Wildman–Crippen LogP) is 0.669. The zero-order valence-electron chi connectivity index (χ0n) is 9.83. The molecule has 6 nitrogen and oxygen atoms in total. The number of hydrogen-bond acceptors (Lipinski definition) is 5. The van der Waals surface area contributed by atoms with Crippen LogP contribution in [-0.2, 0) is 27.5 Å². The minimum atomic E-state index is -2.88. The minimum absolute atomic E-state index is 0.00639. The van der Waals surface area contributed by atoms with Crippen LogP contribution in [0.5, 0.6) is 0 Å². The second kappa shape index (κ2) is 5.09. The van der Waals surface area contributed by atoms with Gasteiger partial charge in [0.05, 0.1) is 24.1 Å². The van der Waals surface area contributed by atoms with Gasteiger partial charge in [-0.05, 0) is 12.3 Å². The predicted molar refractivity (Wildman–Crippen MR) is 62.9 cm³/mol. The van der Waals surface area contributed by atoms with Crippen LogP contribution in [0.4, 0.5) is 0 Å². The fraction of sp³-hybridized carbons (Fsp3) is 0.636. The summed E-state index contributed by atoms with van der Waals surface area (Å²) in [6.07, 6.45) is 2.99. The van der Waals surface area contributed by atoms with E-state index in [-0.39, 0.29) is 23.8 Å². The molecule has 100 valence electrons. The number of oxazole rings is 1. The number of carbonyl (C=O) groups is 1. The van der Waals surface area contributed by atoms with Gasteiger partial charge in [-0.1, -0.05) is 0 Å². The van der Waals surface area contributed by atoms with Crippen LogP contribution in [0.15, 0.2) is 10.6 Å². The Labute approximate surface area is 105 Å². The van der Waals surface area contributed by atoms with E-state index >= 15 is 0 Å². The number of sulfone groups is 1. The van der Waals surface area contributed by atoms with Crippen molar-refractivity contribution in [1.82, 2.24) is 4.98 Å². The number of aliphatic carboxylic acids is 1. The number of carboxylic acid groups (broad SMARTS) is 1. The SMILES string of the molecule is O=C(O)CCc1cnc(CC2CCS(=O)(=O)C2)o1. The number of aryl methyl sites for hydroxylation is 1. The van der Waals surface area contributed by atoms with E-state index in [2.05, 4.69) is 4.98 Å². The largest absolute Gasteiger partial charge is 0.481 e. The minimum Gasteiger partial charge on any atom is -0.481 e. The number of aromatic nitrogens is 1. The summed E-state index contributed by atoms with van der Waals surface area (Å²) in [4.78, 5) is 14.5. The lowest BCUT2D eigenvalue weighted by molar-refractivity contribution is -0.137. The van der Waals surface area contributed by atoms with E-state index in [4.69, 9.17) is 9.52 Å². The van der Waals surface area contributed by atoms with Gasteiger partial charge >= 0.3 is 5.97 Å². The third kappa shape index (κ3) is 3.56. The first-order valence-corrected chi connectivity index (χ1v) is 7.62. The van der Waals surface area contributed by atoms with Crippen LogP contribution in [-0.4, -0.2) is 36.0 Å². The highest BCUT2D eigenvalue weighted by Crippen LogP contribution is 2.22. The molecule has 1 aliphatic heterocycles. The molecular formula is C11H15NO5S. The molecule has 7 heteroatoms. The Morgan fingerprint density at radius 2 is 2.33 bits per heavy atom. The molecule has 1 aliphatic rings. The van der Waals surface area contributed by atoms with Crippen LogP contribution in [0.3, 0.4) is 0 Å². The average molecular weight is 273 g/mol. The van der Waals surface area contributed by atoms with Crippen molar-refractivity contribution in [3.63, 3.8) is 0 Å². The molecule has 1 fully saturated rings. The first-order valence-electron chi connectivity index (χ1n) is 5.80. The molecule has 2 heterocycles. The van der Waals surface area contributed by atoms with Gasteiger partial charge in [-0.25, -0.2) is 13.4 Å². The molecule has 1 aromatic rings. The lowest BCUT2D eigenvalue weighted by Gasteiger charge is -2.02. The Hall–Kier alpha value is -1.37. The average Bonchev–Trinajstić information content (AvgIpc) is 2.83. The molecule has 0 bridgehead atoms. The second-order valence-corrected chi connectivity index (χ2v) is 6.82. The molecule has 0 radical (unpaired) electrons. The van der Waals surface area contributed by atoms with E-state index in [0.717, 1.165) is 0 Å². The summed E-state index contributed by atoms with van der Waals surface area (Å²) >= 11 is 0. The Morgan fingerprint density at radius 1 is 1.56 bits per heavy atom. The maximum Gasteiger partial charge on any atom is 0.303 e. The van der Waals surface area contributed by atoms with Crippen LogP contribution in [0, 0.1) is 5.92 Å². The van der Waals surface area contributed by atoms with Gasteiger partial charge < -0.3 is 9.52 Å². The van der Waals surface area contributed by atoms with E-state index in [9.17, 15) is 13.2 Å². The standard InChI is InChI=1S/C11H15NO5S/c13-11(14)2-1-9-6-12-10(17-9)5-8-3-4-18(15,16)7-8/h6,8H,1-5,7H2,(H,13,14). The topological polar surface area (TPSA) is 97.5 Å². The summed E-state index contributed by atoms with van der Waals surface area (Å²) < 4.78 is 28.0. The van der Waals surface area contributed by atoms with Crippen LogP contribution < -0.4 is 0 Å². The molecule has 0 amide bonds. The van der Waals surface area contributed by atoms with Crippen molar-refractivity contribution in [3.8, 4) is 0 Å². The monoisotopic (exact) mass is 273 g/mol. The zero-order valence-corrected chi connectivity index (χ0v) is 10.6. The first kappa shape index (κ1) is 13.1. The molecule has 1 unspecified atom stereocenters. The Morgan fingerprint density at radius 3 is 2.94 bits per heavy atom. The summed E-state index contributed by atoms with van der Waals surface area (Å²) in [6.45, 7) is 0. The number of rotatable bonds is 5. The highest BCUT2D eigenvalue weighted by atomic mass is 32.2. The van der Waals surface area contributed by atoms with Crippen molar-refractivity contribution in [2.24, 2.45) is 5.92 Å². The maximum absolute atomic E-state index is 11.3. The lowest BCUT2D eigenvalue weighted by Crippen LogP contribution is -2.07. The highest BCUT2D eigenvalue weighted by molar-refractivity contribution is 7.91. The van der Waals surface area contributed by atoms with Crippen LogP contribution in [0.2, 0.25) is 0 Å². The lowest BCUT2D eigenvalue weighted by atomic mass is 10.1. The van der Waals surface area contributed by atoms with Gasteiger partial charge in [-0.15, -0.1) is 0 Å². The number of hydrogen-bond donors (Lipinski definition) is 1. The molecule has 0 spiro atoms. The van der Waals surface area contributed by atoms with Gasteiger partial charge in [-0.3, -0.25) is 4.79 Å². The third-order valence-corrected chi connectivity index (χ3v) is 4.81. The van der Waals surface area contributed by atoms with Gasteiger partial charge in [-0.2, -0.15) is 0 Å². The van der Waals surface area contributed by atoms with Gasteiger partial charge in [0.15, 0.2) is 15.7 Å². The van der Waals surface area contributed by atoms with Crippen molar-refractivity contribution in [3.05, 3.63) is 17.8 Å². The quantitative estimate of drug-likeness (QED) is 0.846. The van der Waals surface area contributed by atoms with Crippen LogP contribution in [0.1, 0.15) is 24.5 Å². The zero-order chi connectivity index (χ0) is 13.2. The van der Waals surface area contributed by atoms with E-state index in [1.165, 1.54) is 6.20 Å². The highest BCUT2D eigenvalue weighted by Gasteiger charge is 2.29. The van der Waals surface area contributed by atoms with Crippen LogP contribution in [0.25, 0.3) is 0 Å². The van der Waals surface area contributed by atoms with Gasteiger partial charge in [0.1, 0.15) is 5.76 Å². The van der Waals surface area contributed by atoms with Gasteiger partial charge in [0.25, 0.3) is 0 Å². The summed E-state index contributed by atoms with van der Waals surface area (Å²) in [5.41, 5.74) is 0. The molecule has 0 aromatic carbocycles. The Kier molecular flexibility index (Phi) is 3.70. The van der Waals surface area contributed by atoms with Crippen molar-refractivity contribution in [2.75, 3.05) is 11.5 Å². The normalized spacial score (nSPS) is 22.1. The maximum atomic E-state index is 11.3. The number of nitrogens with zero attached hydrogens (tertiary/aromatic N) is 1. The molecule has 1 aromatic heterocycles. The molecule has 1 saturated heterocycles. The van der Waals surface area contributed by atoms with E-state index in [1.54, 1.807) is 0 Å². The van der Waals surface area contributed by atoms with Gasteiger partial charge in [0, 0.05) is 12.8 Å². The fourth-order valence-electron chi connectivity index (χ4n) is 2.07. The molecule has 1 N–H and O–H groups in total. The van der Waals surface area contributed by atoms with Crippen molar-refractivity contribution in [2.45, 2.75) is 25.7 Å². The molecule has 1 atom stereocenters. The smallest absolute Gasteiger partial charge is 0.303 e. The molecule has 0 aliphatic carbocycles. The summed E-state index contributed by atoms with van der Waals surface area (Å²) in [5, 5.41) is 8.54. The van der Waals surface area contributed by atoms with Crippen LogP contribution >= 0.6 is 0 Å². The summed E-state index contributed by atoms with van der Waals surface area (Å²) in [5.74, 6) is 0.658. The Bertz CT molecular complexity index is 533. The van der Waals surface area contributed by atoms with Crippen molar-refractivity contribution in [1.29, 1.82) is 0 Å². The fourth-order valence-corrected chi connectivity index (χ4v) is 3.93. The molecule has 0 saturated carbocycles. The van der Waals surface area contributed by atoms with E-state index in [0.29, 0.717) is 30.9 Å². The van der Waals surface area contributed by atoms with Crippen molar-refractivity contribution < 1.29 is 22.7 Å². The van der Waals surface area contributed by atoms with Crippen molar-refractivity contribution >= 4 is 15.8 Å². The van der Waals surface area contributed by atoms with E-state index < -0.39 is 15.8 Å². The van der Waals surface area contributed by atoms with E-state index in [1.807, 2.05) is 0 Å². The summed E-state index contributed by atoms with van der Waals surface area (Å²) in [6, 6.07) is 0. The Balaban J connectivity index is 1.89.